The van der Waals surface area contributed by atoms with Crippen LogP contribution in [0.2, 0.25) is 0 Å². The normalized spacial score (nSPS) is 22.4. The molecule has 0 unspecified atom stereocenters. The van der Waals surface area contributed by atoms with Crippen molar-refractivity contribution in [1.82, 2.24) is 4.90 Å². The lowest BCUT2D eigenvalue weighted by Gasteiger charge is -2.27. The van der Waals surface area contributed by atoms with Gasteiger partial charge in [-0.3, -0.25) is 9.69 Å². The zero-order valence-electron chi connectivity index (χ0n) is 10.7. The third-order valence-corrected chi connectivity index (χ3v) is 3.66. The highest BCUT2D eigenvalue weighted by Crippen LogP contribution is 2.42. The number of ether oxygens (including phenoxy) is 2. The summed E-state index contributed by atoms with van der Waals surface area (Å²) in [6.45, 7) is 2.02. The van der Waals surface area contributed by atoms with Gasteiger partial charge < -0.3 is 14.6 Å². The van der Waals surface area contributed by atoms with Gasteiger partial charge in [-0.25, -0.2) is 0 Å². The maximum absolute atomic E-state index is 10.9. The van der Waals surface area contributed by atoms with E-state index in [0.717, 1.165) is 36.4 Å². The SMILES string of the molecule is O=C(O)CN1CCC[C@H]1c1cccc2c1OCCO2. The summed E-state index contributed by atoms with van der Waals surface area (Å²) in [5, 5.41) is 8.98. The lowest BCUT2D eigenvalue weighted by molar-refractivity contribution is -0.138. The number of carboxylic acid groups (broad SMARTS) is 1. The molecule has 2 aliphatic heterocycles. The minimum atomic E-state index is -0.783. The van der Waals surface area contributed by atoms with Gasteiger partial charge in [0.2, 0.25) is 0 Å². The molecule has 2 aliphatic rings. The first-order chi connectivity index (χ1) is 9.25. The van der Waals surface area contributed by atoms with Crippen LogP contribution < -0.4 is 9.47 Å². The molecule has 102 valence electrons. The van der Waals surface area contributed by atoms with Crippen molar-refractivity contribution in [2.75, 3.05) is 26.3 Å². The molecule has 2 heterocycles. The smallest absolute Gasteiger partial charge is 0.317 e. The maximum atomic E-state index is 10.9. The molecule has 0 spiro atoms. The highest BCUT2D eigenvalue weighted by atomic mass is 16.6. The van der Waals surface area contributed by atoms with Gasteiger partial charge in [0.1, 0.15) is 13.2 Å². The summed E-state index contributed by atoms with van der Waals surface area (Å²) in [5.41, 5.74) is 1.05. The Hall–Kier alpha value is -1.75. The minimum Gasteiger partial charge on any atom is -0.486 e. The predicted molar refractivity (Wildman–Crippen MR) is 68.6 cm³/mol. The molecule has 5 heteroatoms. The van der Waals surface area contributed by atoms with E-state index in [9.17, 15) is 4.79 Å². The van der Waals surface area contributed by atoms with Crippen LogP contribution in [0.3, 0.4) is 0 Å². The largest absolute Gasteiger partial charge is 0.486 e. The number of para-hydroxylation sites is 1. The number of aliphatic carboxylic acids is 1. The van der Waals surface area contributed by atoms with Crippen molar-refractivity contribution in [3.05, 3.63) is 23.8 Å². The quantitative estimate of drug-likeness (QED) is 0.899. The Morgan fingerprint density at radius 2 is 2.21 bits per heavy atom. The Morgan fingerprint density at radius 3 is 3.05 bits per heavy atom. The van der Waals surface area contributed by atoms with E-state index in [1.165, 1.54) is 0 Å². The van der Waals surface area contributed by atoms with Gasteiger partial charge in [-0.1, -0.05) is 12.1 Å². The fourth-order valence-corrected chi connectivity index (χ4v) is 2.90. The van der Waals surface area contributed by atoms with Gasteiger partial charge in [0, 0.05) is 11.6 Å². The van der Waals surface area contributed by atoms with Crippen LogP contribution in [0.4, 0.5) is 0 Å². The van der Waals surface area contributed by atoms with E-state index in [-0.39, 0.29) is 12.6 Å². The predicted octanol–water partition coefficient (Wildman–Crippen LogP) is 1.68. The van der Waals surface area contributed by atoms with E-state index >= 15 is 0 Å². The summed E-state index contributed by atoms with van der Waals surface area (Å²) in [6.07, 6.45) is 1.98. The Bertz CT molecular complexity index is 488. The van der Waals surface area contributed by atoms with Crippen molar-refractivity contribution >= 4 is 5.97 Å². The Morgan fingerprint density at radius 1 is 1.37 bits per heavy atom. The van der Waals surface area contributed by atoms with Crippen LogP contribution >= 0.6 is 0 Å². The fraction of sp³-hybridized carbons (Fsp3) is 0.500. The molecule has 5 nitrogen and oxygen atoms in total. The van der Waals surface area contributed by atoms with Crippen molar-refractivity contribution < 1.29 is 19.4 Å². The molecule has 1 atom stereocenters. The summed E-state index contributed by atoms with van der Waals surface area (Å²) in [6, 6.07) is 5.97. The van der Waals surface area contributed by atoms with Crippen molar-refractivity contribution in [2.24, 2.45) is 0 Å². The molecule has 1 saturated heterocycles. The second kappa shape index (κ2) is 5.09. The van der Waals surface area contributed by atoms with Crippen LogP contribution in [0, 0.1) is 0 Å². The van der Waals surface area contributed by atoms with E-state index in [2.05, 4.69) is 0 Å². The van der Waals surface area contributed by atoms with E-state index < -0.39 is 5.97 Å². The molecule has 0 aromatic heterocycles. The lowest BCUT2D eigenvalue weighted by Crippen LogP contribution is -2.30. The van der Waals surface area contributed by atoms with E-state index in [0.29, 0.717) is 13.2 Å². The number of fused-ring (bicyclic) bond motifs is 1. The molecule has 0 aliphatic carbocycles. The minimum absolute atomic E-state index is 0.0786. The zero-order valence-corrected chi connectivity index (χ0v) is 10.7. The molecule has 0 amide bonds. The maximum Gasteiger partial charge on any atom is 0.317 e. The lowest BCUT2D eigenvalue weighted by atomic mass is 10.0. The number of rotatable bonds is 3. The van der Waals surface area contributed by atoms with Crippen molar-refractivity contribution in [2.45, 2.75) is 18.9 Å². The number of benzene rings is 1. The first kappa shape index (κ1) is 12.3. The number of likely N-dealkylation sites (tertiary alicyclic amines) is 1. The van der Waals surface area contributed by atoms with Crippen molar-refractivity contribution in [1.29, 1.82) is 0 Å². The van der Waals surface area contributed by atoms with Crippen LogP contribution in [0.5, 0.6) is 11.5 Å². The van der Waals surface area contributed by atoms with Gasteiger partial charge in [0.05, 0.1) is 6.54 Å². The highest BCUT2D eigenvalue weighted by molar-refractivity contribution is 5.69. The Kier molecular flexibility index (Phi) is 3.29. The number of nitrogens with zero attached hydrogens (tertiary/aromatic N) is 1. The number of hydrogen-bond donors (Lipinski definition) is 1. The summed E-state index contributed by atoms with van der Waals surface area (Å²) >= 11 is 0. The Labute approximate surface area is 111 Å². The first-order valence-electron chi connectivity index (χ1n) is 6.60. The molecule has 19 heavy (non-hydrogen) atoms. The van der Waals surface area contributed by atoms with Crippen LogP contribution in [0.1, 0.15) is 24.4 Å². The zero-order chi connectivity index (χ0) is 13.2. The number of carboxylic acids is 1. The molecule has 1 aromatic carbocycles. The van der Waals surface area contributed by atoms with E-state index in [1.807, 2.05) is 23.1 Å². The topological polar surface area (TPSA) is 59.0 Å². The van der Waals surface area contributed by atoms with Gasteiger partial charge in [-0.2, -0.15) is 0 Å². The molecule has 0 bridgehead atoms. The third kappa shape index (κ3) is 2.38. The Balaban J connectivity index is 1.90. The van der Waals surface area contributed by atoms with Gasteiger partial charge in [-0.05, 0) is 25.5 Å². The standard InChI is InChI=1S/C14H17NO4/c16-13(17)9-15-6-2-4-11(15)10-3-1-5-12-14(10)19-8-7-18-12/h1,3,5,11H,2,4,6-9H2,(H,16,17)/t11-/m0/s1. The second-order valence-electron chi connectivity index (χ2n) is 4.89. The highest BCUT2D eigenvalue weighted by Gasteiger charge is 2.31. The van der Waals surface area contributed by atoms with Crippen LogP contribution in [0.25, 0.3) is 0 Å². The molecule has 3 rings (SSSR count). The van der Waals surface area contributed by atoms with E-state index in [4.69, 9.17) is 14.6 Å². The van der Waals surface area contributed by atoms with Crippen molar-refractivity contribution in [3.63, 3.8) is 0 Å². The average Bonchev–Trinajstić information content (AvgIpc) is 2.85. The molecule has 1 aromatic rings. The van der Waals surface area contributed by atoms with Crippen LogP contribution in [-0.4, -0.2) is 42.3 Å². The second-order valence-corrected chi connectivity index (χ2v) is 4.89. The molecule has 1 N–H and O–H groups in total. The van der Waals surface area contributed by atoms with Crippen LogP contribution in [0.15, 0.2) is 18.2 Å². The first-order valence-corrected chi connectivity index (χ1v) is 6.60. The third-order valence-electron chi connectivity index (χ3n) is 3.66. The summed E-state index contributed by atoms with van der Waals surface area (Å²) in [5.74, 6) is 0.774. The number of carbonyl (C=O) groups is 1. The van der Waals surface area contributed by atoms with Gasteiger partial charge >= 0.3 is 5.97 Å². The molecule has 0 saturated carbocycles. The monoisotopic (exact) mass is 263 g/mol. The number of hydrogen-bond acceptors (Lipinski definition) is 4. The van der Waals surface area contributed by atoms with Gasteiger partial charge in [-0.15, -0.1) is 0 Å². The van der Waals surface area contributed by atoms with Crippen LogP contribution in [-0.2, 0) is 4.79 Å². The van der Waals surface area contributed by atoms with Gasteiger partial charge in [0.15, 0.2) is 11.5 Å². The summed E-state index contributed by atoms with van der Waals surface area (Å²) in [4.78, 5) is 12.9. The summed E-state index contributed by atoms with van der Waals surface area (Å²) in [7, 11) is 0. The molecule has 0 radical (unpaired) electrons. The summed E-state index contributed by atoms with van der Waals surface area (Å²) < 4.78 is 11.3. The van der Waals surface area contributed by atoms with Crippen molar-refractivity contribution in [3.8, 4) is 11.5 Å². The average molecular weight is 263 g/mol. The fourth-order valence-electron chi connectivity index (χ4n) is 2.90. The molecular formula is C14H17NO4. The van der Waals surface area contributed by atoms with E-state index in [1.54, 1.807) is 0 Å². The molecular weight excluding hydrogens is 246 g/mol. The molecule has 1 fully saturated rings. The van der Waals surface area contributed by atoms with Gasteiger partial charge in [0.25, 0.3) is 0 Å².